The smallest absolute Gasteiger partial charge is 0.0764 e. The molecular formula is C44H30N2S. The zero-order valence-electron chi connectivity index (χ0n) is 25.9. The zero-order chi connectivity index (χ0) is 31.1. The molecule has 2 nitrogen and oxygen atoms in total. The van der Waals surface area contributed by atoms with Crippen LogP contribution >= 0.6 is 11.8 Å². The molecule has 3 heterocycles. The van der Waals surface area contributed by atoms with Crippen molar-refractivity contribution in [3.05, 3.63) is 186 Å². The summed E-state index contributed by atoms with van der Waals surface area (Å²) in [6, 6.07) is 60.6. The third kappa shape index (κ3) is 3.63. The summed E-state index contributed by atoms with van der Waals surface area (Å²) >= 11 is 1.90. The molecule has 0 N–H and O–H groups in total. The Morgan fingerprint density at radius 1 is 0.489 bits per heavy atom. The predicted molar refractivity (Wildman–Crippen MR) is 197 cm³/mol. The van der Waals surface area contributed by atoms with Crippen LogP contribution in [0.3, 0.4) is 0 Å². The van der Waals surface area contributed by atoms with Gasteiger partial charge in [0.25, 0.3) is 0 Å². The van der Waals surface area contributed by atoms with E-state index < -0.39 is 5.41 Å². The van der Waals surface area contributed by atoms with Gasteiger partial charge in [-0.1, -0.05) is 121 Å². The maximum atomic E-state index is 2.51. The lowest BCUT2D eigenvalue weighted by molar-refractivity contribution is 0.690. The number of nitrogens with zero attached hydrogens (tertiary/aromatic N) is 2. The topological polar surface area (TPSA) is 8.17 Å². The van der Waals surface area contributed by atoms with Crippen molar-refractivity contribution in [1.82, 2.24) is 4.57 Å². The average Bonchev–Trinajstić information content (AvgIpc) is 3.49. The highest BCUT2D eigenvalue weighted by atomic mass is 32.2. The van der Waals surface area contributed by atoms with Gasteiger partial charge >= 0.3 is 0 Å². The molecule has 0 bridgehead atoms. The summed E-state index contributed by atoms with van der Waals surface area (Å²) in [6.07, 6.45) is 0. The number of benzene rings is 7. The van der Waals surface area contributed by atoms with Gasteiger partial charge in [-0.05, 0) is 88.0 Å². The first-order valence-electron chi connectivity index (χ1n) is 16.2. The highest BCUT2D eigenvalue weighted by Gasteiger charge is 2.49. The molecule has 0 radical (unpaired) electrons. The van der Waals surface area contributed by atoms with Gasteiger partial charge in [0.2, 0.25) is 0 Å². The molecule has 0 aliphatic carbocycles. The van der Waals surface area contributed by atoms with Crippen molar-refractivity contribution in [2.24, 2.45) is 0 Å². The van der Waals surface area contributed by atoms with E-state index in [-0.39, 0.29) is 0 Å². The van der Waals surface area contributed by atoms with E-state index in [9.17, 15) is 0 Å². The minimum Gasteiger partial charge on any atom is -0.345 e. The van der Waals surface area contributed by atoms with Crippen molar-refractivity contribution in [1.29, 1.82) is 0 Å². The molecule has 2 aliphatic rings. The maximum Gasteiger partial charge on any atom is 0.0764 e. The second-order valence-corrected chi connectivity index (χ2v) is 13.7. The van der Waals surface area contributed by atoms with Crippen LogP contribution in [-0.2, 0) is 5.41 Å². The fraction of sp³-hybridized carbons (Fsp3) is 0.0455. The summed E-state index contributed by atoms with van der Waals surface area (Å²) in [6.45, 7) is 0. The molecule has 1 unspecified atom stereocenters. The van der Waals surface area contributed by atoms with Crippen molar-refractivity contribution >= 4 is 44.9 Å². The number of hydrogen-bond acceptors (Lipinski definition) is 2. The van der Waals surface area contributed by atoms with Crippen molar-refractivity contribution in [2.45, 2.75) is 15.2 Å². The first kappa shape index (κ1) is 26.7. The Bertz CT molecular complexity index is 2510. The largest absolute Gasteiger partial charge is 0.345 e. The molecular weight excluding hydrogens is 589 g/mol. The van der Waals surface area contributed by atoms with E-state index >= 15 is 0 Å². The Hall–Kier alpha value is -5.51. The summed E-state index contributed by atoms with van der Waals surface area (Å²) in [7, 11) is 2.13. The van der Waals surface area contributed by atoms with Crippen LogP contribution in [0.1, 0.15) is 22.3 Å². The predicted octanol–water partition coefficient (Wildman–Crippen LogP) is 11.4. The zero-order valence-corrected chi connectivity index (χ0v) is 26.7. The Morgan fingerprint density at radius 3 is 2.00 bits per heavy atom. The van der Waals surface area contributed by atoms with E-state index in [4.69, 9.17) is 0 Å². The molecule has 0 saturated heterocycles. The Kier molecular flexibility index (Phi) is 5.67. The lowest BCUT2D eigenvalue weighted by Crippen LogP contribution is -2.37. The molecule has 1 atom stereocenters. The van der Waals surface area contributed by atoms with Crippen LogP contribution in [0.2, 0.25) is 0 Å². The summed E-state index contributed by atoms with van der Waals surface area (Å²) in [5.41, 5.74) is 13.5. The quantitative estimate of drug-likeness (QED) is 0.195. The van der Waals surface area contributed by atoms with Gasteiger partial charge in [0, 0.05) is 39.0 Å². The molecule has 7 aromatic carbocycles. The van der Waals surface area contributed by atoms with Gasteiger partial charge in [0.15, 0.2) is 0 Å². The fourth-order valence-electron chi connectivity index (χ4n) is 8.18. The lowest BCUT2D eigenvalue weighted by Gasteiger charge is -2.45. The first-order valence-corrected chi connectivity index (χ1v) is 17.0. The van der Waals surface area contributed by atoms with Crippen LogP contribution in [0.5, 0.6) is 0 Å². The van der Waals surface area contributed by atoms with Gasteiger partial charge in [-0.2, -0.15) is 0 Å². The van der Waals surface area contributed by atoms with Crippen LogP contribution < -0.4 is 4.90 Å². The molecule has 10 rings (SSSR count). The second-order valence-electron chi connectivity index (χ2n) is 12.6. The Balaban J connectivity index is 1.24. The molecule has 8 aromatic rings. The highest BCUT2D eigenvalue weighted by molar-refractivity contribution is 7.99. The normalized spacial score (nSPS) is 15.8. The number of fused-ring (bicyclic) bond motifs is 11. The van der Waals surface area contributed by atoms with Gasteiger partial charge in [-0.15, -0.1) is 0 Å². The SMILES string of the molecule is CN(c1ccccc1)c1ccc(-c2ccc3c(c2)C2(c4ccccc4S3)c3ccccc3-n3c4ccccc4c4cccc2c43)cc1. The van der Waals surface area contributed by atoms with E-state index in [0.717, 1.165) is 0 Å². The van der Waals surface area contributed by atoms with Crippen molar-refractivity contribution in [3.8, 4) is 16.8 Å². The molecule has 0 amide bonds. The van der Waals surface area contributed by atoms with E-state index in [1.165, 1.54) is 82.0 Å². The van der Waals surface area contributed by atoms with Crippen LogP contribution in [0.15, 0.2) is 174 Å². The number of anilines is 2. The molecule has 0 fully saturated rings. The van der Waals surface area contributed by atoms with Gasteiger partial charge in [0.05, 0.1) is 22.1 Å². The molecule has 1 spiro atoms. The molecule has 0 saturated carbocycles. The standard InChI is InChI=1S/C44H30N2S/c1-45(31-12-3-2-4-13-31)32-25-22-29(23-26-32)30-24-27-42-38(28-30)44(36-17-7-10-21-41(36)47-42)35-16-6-9-20-40(35)46-39-19-8-5-14-33(39)34-15-11-18-37(44)43(34)46/h2-28H,1H3. The fourth-order valence-corrected chi connectivity index (χ4v) is 9.35. The highest BCUT2D eigenvalue weighted by Crippen LogP contribution is 2.60. The molecule has 2 aliphatic heterocycles. The summed E-state index contributed by atoms with van der Waals surface area (Å²) in [5.74, 6) is 0. The molecule has 47 heavy (non-hydrogen) atoms. The minimum atomic E-state index is -0.471. The summed E-state index contributed by atoms with van der Waals surface area (Å²) < 4.78 is 2.51. The van der Waals surface area contributed by atoms with Gasteiger partial charge in [-0.25, -0.2) is 0 Å². The van der Waals surface area contributed by atoms with E-state index in [2.05, 4.69) is 180 Å². The van der Waals surface area contributed by atoms with Crippen LogP contribution in [0, 0.1) is 0 Å². The third-order valence-electron chi connectivity index (χ3n) is 10.3. The first-order chi connectivity index (χ1) is 23.2. The van der Waals surface area contributed by atoms with E-state index in [0.29, 0.717) is 0 Å². The van der Waals surface area contributed by atoms with Gasteiger partial charge in [-0.3, -0.25) is 0 Å². The maximum absolute atomic E-state index is 2.51. The van der Waals surface area contributed by atoms with E-state index in [1.807, 2.05) is 11.8 Å². The Labute approximate surface area is 278 Å². The van der Waals surface area contributed by atoms with Crippen LogP contribution in [0.4, 0.5) is 11.4 Å². The number of rotatable bonds is 3. The number of para-hydroxylation sites is 4. The molecule has 222 valence electrons. The second kappa shape index (κ2) is 9.99. The van der Waals surface area contributed by atoms with Crippen LogP contribution in [-0.4, -0.2) is 11.6 Å². The van der Waals surface area contributed by atoms with Crippen LogP contribution in [0.25, 0.3) is 38.6 Å². The average molecular weight is 619 g/mol. The number of aromatic nitrogens is 1. The minimum absolute atomic E-state index is 0.471. The van der Waals surface area contributed by atoms with Gasteiger partial charge < -0.3 is 9.47 Å². The third-order valence-corrected chi connectivity index (χ3v) is 11.4. The number of hydrogen-bond donors (Lipinski definition) is 0. The summed E-state index contributed by atoms with van der Waals surface area (Å²) in [5, 5.41) is 2.60. The van der Waals surface area contributed by atoms with Crippen molar-refractivity contribution in [2.75, 3.05) is 11.9 Å². The van der Waals surface area contributed by atoms with Gasteiger partial charge in [0.1, 0.15) is 0 Å². The lowest BCUT2D eigenvalue weighted by atomic mass is 9.62. The van der Waals surface area contributed by atoms with E-state index in [1.54, 1.807) is 0 Å². The monoisotopic (exact) mass is 618 g/mol. The summed E-state index contributed by atoms with van der Waals surface area (Å²) in [4.78, 5) is 4.86. The Morgan fingerprint density at radius 2 is 1.13 bits per heavy atom. The van der Waals surface area contributed by atoms with Crippen molar-refractivity contribution < 1.29 is 0 Å². The molecule has 3 heteroatoms. The van der Waals surface area contributed by atoms with Crippen molar-refractivity contribution in [3.63, 3.8) is 0 Å². The molecule has 1 aromatic heterocycles.